The highest BCUT2D eigenvalue weighted by Gasteiger charge is 2.22. The molecule has 0 fully saturated rings. The van der Waals surface area contributed by atoms with Crippen LogP contribution in [0, 0.1) is 0 Å². The molecule has 4 N–H and O–H groups in total. The standard InChI is InChI=1S/C31H28N6O12S4/c1-4-50(40,41)14-6-7-29(39)33-24-17-26(36-37-31-23(32-3)13-8-19-15-22(52(44,45)46)16-27(38)30(19)31)28(53(47,48)49)18-25(24)35-34-20-9-11-21(12-10-20)51(42,43)5-2/h4-5,8-13,15-18,38H,1-3,6-7,14H2,(H,33,39)(H,44,45,46)(H,47,48,49)/b35-34+,37-36+. The molecule has 4 aromatic rings. The molecule has 0 bridgehead atoms. The number of rotatable bonds is 15. The molecule has 0 aliphatic rings. The largest absolute Gasteiger partial charge is 0.507 e. The van der Waals surface area contributed by atoms with Crippen LogP contribution < -0.4 is 5.32 Å². The van der Waals surface area contributed by atoms with Crippen molar-refractivity contribution in [1.82, 2.24) is 0 Å². The average Bonchev–Trinajstić information content (AvgIpc) is 3.09. The van der Waals surface area contributed by atoms with E-state index in [0.717, 1.165) is 35.1 Å². The number of anilines is 1. The van der Waals surface area contributed by atoms with Crippen molar-refractivity contribution in [2.75, 3.05) is 11.1 Å². The first-order valence-electron chi connectivity index (χ1n) is 14.5. The highest BCUT2D eigenvalue weighted by molar-refractivity contribution is 7.94. The molecular weight excluding hydrogens is 777 g/mol. The first-order chi connectivity index (χ1) is 24.7. The van der Waals surface area contributed by atoms with Gasteiger partial charge in [-0.25, -0.2) is 16.8 Å². The third kappa shape index (κ3) is 9.88. The van der Waals surface area contributed by atoms with Gasteiger partial charge in [0, 0.05) is 23.3 Å². The van der Waals surface area contributed by atoms with E-state index in [-0.39, 0.29) is 56.9 Å². The number of benzene rings is 4. The number of carbonyl (C=O) groups excluding carboxylic acids is 1. The average molecular weight is 805 g/mol. The molecule has 0 radical (unpaired) electrons. The Balaban J connectivity index is 1.88. The maximum absolute atomic E-state index is 12.9. The predicted molar refractivity (Wildman–Crippen MR) is 195 cm³/mol. The minimum Gasteiger partial charge on any atom is -0.507 e. The molecule has 18 nitrogen and oxygen atoms in total. The van der Waals surface area contributed by atoms with Gasteiger partial charge in [-0.3, -0.25) is 18.9 Å². The number of nitrogens with one attached hydrogen (secondary N) is 1. The first kappa shape index (κ1) is 40.3. The zero-order valence-electron chi connectivity index (χ0n) is 27.1. The third-order valence-corrected chi connectivity index (χ3v) is 11.6. The minimum absolute atomic E-state index is 0.0232. The Bertz CT molecular complexity index is 2680. The fourth-order valence-electron chi connectivity index (χ4n) is 4.53. The lowest BCUT2D eigenvalue weighted by Gasteiger charge is -2.12. The molecule has 1 amide bonds. The molecule has 0 spiro atoms. The molecule has 0 aromatic heterocycles. The van der Waals surface area contributed by atoms with Gasteiger partial charge in [-0.05, 0) is 67.1 Å². The van der Waals surface area contributed by atoms with Crippen molar-refractivity contribution in [2.45, 2.75) is 27.5 Å². The molecule has 0 saturated heterocycles. The lowest BCUT2D eigenvalue weighted by Crippen LogP contribution is -2.13. The smallest absolute Gasteiger partial charge is 0.296 e. The lowest BCUT2D eigenvalue weighted by molar-refractivity contribution is -0.116. The lowest BCUT2D eigenvalue weighted by atomic mass is 10.1. The van der Waals surface area contributed by atoms with E-state index in [2.05, 4.69) is 50.6 Å². The Kier molecular flexibility index (Phi) is 11.9. The third-order valence-electron chi connectivity index (χ3n) is 7.12. The van der Waals surface area contributed by atoms with Gasteiger partial charge in [-0.2, -0.15) is 21.9 Å². The Morgan fingerprint density at radius 2 is 1.40 bits per heavy atom. The van der Waals surface area contributed by atoms with Gasteiger partial charge < -0.3 is 10.4 Å². The van der Waals surface area contributed by atoms with E-state index in [1.807, 2.05) is 0 Å². The van der Waals surface area contributed by atoms with Crippen LogP contribution in [-0.4, -0.2) is 66.3 Å². The molecule has 4 rings (SSSR count). The molecule has 0 unspecified atom stereocenters. The van der Waals surface area contributed by atoms with E-state index in [9.17, 15) is 52.7 Å². The van der Waals surface area contributed by atoms with E-state index in [0.29, 0.717) is 0 Å². The number of hydrogen-bond acceptors (Lipinski definition) is 15. The monoisotopic (exact) mass is 804 g/mol. The Labute approximate surface area is 303 Å². The van der Waals surface area contributed by atoms with E-state index in [1.165, 1.54) is 36.4 Å². The summed E-state index contributed by atoms with van der Waals surface area (Å²) in [5, 5.41) is 30.4. The molecule has 4 aromatic carbocycles. The summed E-state index contributed by atoms with van der Waals surface area (Å²) >= 11 is 0. The van der Waals surface area contributed by atoms with E-state index < -0.39 is 72.8 Å². The minimum atomic E-state index is -5.14. The number of aliphatic imine (C=N–C) groups is 1. The van der Waals surface area contributed by atoms with Gasteiger partial charge in [0.1, 0.15) is 27.7 Å². The van der Waals surface area contributed by atoms with Gasteiger partial charge in [-0.15, -0.1) is 15.3 Å². The molecule has 278 valence electrons. The van der Waals surface area contributed by atoms with Crippen molar-refractivity contribution < 1.29 is 52.7 Å². The molecule has 0 atom stereocenters. The Morgan fingerprint density at radius 3 is 1.98 bits per heavy atom. The molecule has 0 heterocycles. The topological polar surface area (TPSA) is 288 Å². The highest BCUT2D eigenvalue weighted by Crippen LogP contribution is 2.44. The van der Waals surface area contributed by atoms with Gasteiger partial charge in [0.15, 0.2) is 19.7 Å². The van der Waals surface area contributed by atoms with Crippen LogP contribution in [0.1, 0.15) is 12.8 Å². The van der Waals surface area contributed by atoms with Crippen molar-refractivity contribution in [2.24, 2.45) is 25.4 Å². The number of aromatic hydroxyl groups is 1. The fraction of sp³-hybridized carbons (Fsp3) is 0.0968. The Hall–Kier alpha value is -5.52. The zero-order chi connectivity index (χ0) is 39.4. The van der Waals surface area contributed by atoms with Crippen molar-refractivity contribution >= 4 is 97.4 Å². The van der Waals surface area contributed by atoms with E-state index in [4.69, 9.17) is 0 Å². The summed E-state index contributed by atoms with van der Waals surface area (Å²) in [6.07, 6.45) is -0.469. The maximum atomic E-state index is 12.9. The molecule has 0 saturated carbocycles. The van der Waals surface area contributed by atoms with Gasteiger partial charge in [0.25, 0.3) is 20.2 Å². The number of carbonyl (C=O) groups is 1. The van der Waals surface area contributed by atoms with E-state index in [1.54, 1.807) is 0 Å². The first-order valence-corrected chi connectivity index (χ1v) is 20.7. The van der Waals surface area contributed by atoms with Crippen LogP contribution in [0.5, 0.6) is 5.75 Å². The number of phenols is 1. The van der Waals surface area contributed by atoms with Crippen molar-refractivity contribution in [3.63, 3.8) is 0 Å². The van der Waals surface area contributed by atoms with Crippen molar-refractivity contribution in [3.8, 4) is 5.75 Å². The number of azo groups is 2. The van der Waals surface area contributed by atoms with E-state index >= 15 is 0 Å². The van der Waals surface area contributed by atoms with Crippen LogP contribution in [-0.2, 0) is 44.7 Å². The van der Waals surface area contributed by atoms with Gasteiger partial charge >= 0.3 is 0 Å². The van der Waals surface area contributed by atoms with Crippen molar-refractivity contribution in [1.29, 1.82) is 0 Å². The zero-order valence-corrected chi connectivity index (χ0v) is 30.3. The number of fused-ring (bicyclic) bond motifs is 1. The number of nitrogens with zero attached hydrogens (tertiary/aromatic N) is 5. The number of sulfone groups is 2. The number of phenolic OH excluding ortho intramolecular Hbond substituents is 1. The predicted octanol–water partition coefficient (Wildman–Crippen LogP) is 6.40. The van der Waals surface area contributed by atoms with Gasteiger partial charge in [-0.1, -0.05) is 19.2 Å². The second kappa shape index (κ2) is 15.6. The molecule has 22 heteroatoms. The summed E-state index contributed by atoms with van der Waals surface area (Å²) in [6, 6.07) is 11.1. The maximum Gasteiger partial charge on any atom is 0.296 e. The van der Waals surface area contributed by atoms with Gasteiger partial charge in [0.05, 0.1) is 38.0 Å². The Morgan fingerprint density at radius 1 is 0.736 bits per heavy atom. The van der Waals surface area contributed by atoms with Crippen LogP contribution in [0.15, 0.2) is 125 Å². The number of amides is 1. The highest BCUT2D eigenvalue weighted by atomic mass is 32.2. The summed E-state index contributed by atoms with van der Waals surface area (Å²) in [5.74, 6) is -1.85. The number of hydrogen-bond donors (Lipinski definition) is 4. The quantitative estimate of drug-likeness (QED) is 0.0577. The van der Waals surface area contributed by atoms with Gasteiger partial charge in [0.2, 0.25) is 5.91 Å². The molecule has 0 aliphatic carbocycles. The molecular formula is C31H28N6O12S4. The van der Waals surface area contributed by atoms with Crippen LogP contribution in [0.4, 0.5) is 34.1 Å². The van der Waals surface area contributed by atoms with Crippen molar-refractivity contribution in [3.05, 3.63) is 84.6 Å². The summed E-state index contributed by atoms with van der Waals surface area (Å²) in [7, 11) is -17.3. The molecule has 0 aliphatic heterocycles. The second-order valence-corrected chi connectivity index (χ2v) is 17.5. The van der Waals surface area contributed by atoms with Crippen LogP contribution in [0.25, 0.3) is 10.8 Å². The summed E-state index contributed by atoms with van der Waals surface area (Å²) in [5.41, 5.74) is -1.41. The summed E-state index contributed by atoms with van der Waals surface area (Å²) in [6.45, 7) is 9.87. The second-order valence-electron chi connectivity index (χ2n) is 10.7. The van der Waals surface area contributed by atoms with Crippen LogP contribution >= 0.6 is 0 Å². The molecule has 53 heavy (non-hydrogen) atoms. The van der Waals surface area contributed by atoms with Crippen LogP contribution in [0.3, 0.4) is 0 Å². The van der Waals surface area contributed by atoms with Crippen LogP contribution in [0.2, 0.25) is 0 Å². The summed E-state index contributed by atoms with van der Waals surface area (Å²) < 4.78 is 116. The fourth-order valence-corrected chi connectivity index (χ4v) is 7.12. The SMILES string of the molecule is C=CS(=O)(=O)CCCC(=O)Nc1cc(/N=N/c2c(N=C)ccc3cc(S(=O)(=O)O)cc(O)c23)c(S(=O)(=O)O)cc1/N=N/c1ccc(S(=O)(=O)C=C)cc1. The summed E-state index contributed by atoms with van der Waals surface area (Å²) in [4.78, 5) is 15.1. The normalized spacial score (nSPS) is 12.6.